The molecule has 3 rings (SSSR count). The molecule has 0 saturated heterocycles. The number of alkyl halides is 1. The third kappa shape index (κ3) is 2.27. The van der Waals surface area contributed by atoms with Crippen molar-refractivity contribution in [2.75, 3.05) is 0 Å². The molecule has 1 aromatic carbocycles. The highest BCUT2D eigenvalue weighted by molar-refractivity contribution is 7.12. The largest absolute Gasteiger partial charge is 0.144 e. The van der Waals surface area contributed by atoms with Crippen LogP contribution in [0, 0.1) is 12.8 Å². The topological polar surface area (TPSA) is 0 Å². The Morgan fingerprint density at radius 1 is 1.18 bits per heavy atom. The van der Waals surface area contributed by atoms with Gasteiger partial charge in [0.15, 0.2) is 0 Å². The van der Waals surface area contributed by atoms with E-state index < -0.39 is 0 Å². The van der Waals surface area contributed by atoms with Gasteiger partial charge in [-0.1, -0.05) is 30.3 Å². The second-order valence-corrected chi connectivity index (χ2v) is 6.56. The van der Waals surface area contributed by atoms with Crippen molar-refractivity contribution in [3.8, 4) is 0 Å². The van der Waals surface area contributed by atoms with Gasteiger partial charge < -0.3 is 0 Å². The summed E-state index contributed by atoms with van der Waals surface area (Å²) >= 11 is 8.40. The fraction of sp³-hybridized carbons (Fsp3) is 0.333. The summed E-state index contributed by atoms with van der Waals surface area (Å²) in [6, 6.07) is 15.1. The molecule has 2 heteroatoms. The zero-order valence-electron chi connectivity index (χ0n) is 9.77. The highest BCUT2D eigenvalue weighted by Crippen LogP contribution is 2.57. The van der Waals surface area contributed by atoms with Gasteiger partial charge in [0.1, 0.15) is 0 Å². The number of thiophene rings is 1. The number of hydrogen-bond donors (Lipinski definition) is 0. The summed E-state index contributed by atoms with van der Waals surface area (Å²) in [5, 5.41) is 0.193. The summed E-state index contributed by atoms with van der Waals surface area (Å²) < 4.78 is 0. The molecule has 1 aliphatic rings. The van der Waals surface area contributed by atoms with E-state index in [2.05, 4.69) is 49.4 Å². The number of aryl methyl sites for hydroxylation is 1. The van der Waals surface area contributed by atoms with Crippen LogP contribution < -0.4 is 0 Å². The Bertz CT molecular complexity index is 503. The molecule has 1 fully saturated rings. The molecule has 1 heterocycles. The van der Waals surface area contributed by atoms with Gasteiger partial charge in [-0.05, 0) is 42.9 Å². The first kappa shape index (κ1) is 11.3. The number of halogens is 1. The maximum Gasteiger partial charge on any atom is 0.0712 e. The lowest BCUT2D eigenvalue weighted by Crippen LogP contribution is -1.92. The molecular formula is C15H15ClS. The van der Waals surface area contributed by atoms with E-state index in [1.165, 1.54) is 21.7 Å². The maximum atomic E-state index is 6.57. The maximum absolute atomic E-state index is 6.57. The number of benzene rings is 1. The van der Waals surface area contributed by atoms with Crippen LogP contribution in [-0.4, -0.2) is 0 Å². The minimum atomic E-state index is 0.193. The van der Waals surface area contributed by atoms with Crippen LogP contribution in [0.3, 0.4) is 0 Å². The van der Waals surface area contributed by atoms with E-state index in [4.69, 9.17) is 11.6 Å². The van der Waals surface area contributed by atoms with Crippen LogP contribution in [0.15, 0.2) is 42.5 Å². The van der Waals surface area contributed by atoms with Crippen molar-refractivity contribution in [2.24, 2.45) is 5.92 Å². The second-order valence-electron chi connectivity index (χ2n) is 4.77. The van der Waals surface area contributed by atoms with Crippen molar-refractivity contribution >= 4 is 22.9 Å². The van der Waals surface area contributed by atoms with Crippen molar-refractivity contribution in [3.63, 3.8) is 0 Å². The molecule has 0 amide bonds. The minimum Gasteiger partial charge on any atom is -0.144 e. The Hall–Kier alpha value is -0.790. The predicted octanol–water partition coefficient (Wildman–Crippen LogP) is 5.14. The summed E-state index contributed by atoms with van der Waals surface area (Å²) in [6.07, 6.45) is 1.23. The smallest absolute Gasteiger partial charge is 0.0712 e. The van der Waals surface area contributed by atoms with E-state index in [0.29, 0.717) is 11.8 Å². The van der Waals surface area contributed by atoms with Crippen LogP contribution in [0.4, 0.5) is 0 Å². The first-order valence-electron chi connectivity index (χ1n) is 6.01. The SMILES string of the molecule is Cc1ccc(C(Cl)C2CC2c2ccccc2)s1. The van der Waals surface area contributed by atoms with Crippen LogP contribution >= 0.6 is 22.9 Å². The summed E-state index contributed by atoms with van der Waals surface area (Å²) in [4.78, 5) is 2.68. The van der Waals surface area contributed by atoms with Gasteiger partial charge in [-0.25, -0.2) is 0 Å². The molecule has 1 aliphatic carbocycles. The van der Waals surface area contributed by atoms with Crippen LogP contribution in [0.1, 0.15) is 33.0 Å². The fourth-order valence-corrected chi connectivity index (χ4v) is 3.85. The Kier molecular flexibility index (Phi) is 2.97. The molecule has 0 radical (unpaired) electrons. The standard InChI is InChI=1S/C15H15ClS/c1-10-7-8-14(17-10)15(16)13-9-12(13)11-5-3-2-4-6-11/h2-8,12-13,15H,9H2,1H3. The van der Waals surface area contributed by atoms with Gasteiger partial charge in [-0.3, -0.25) is 0 Å². The Morgan fingerprint density at radius 2 is 1.94 bits per heavy atom. The van der Waals surface area contributed by atoms with Gasteiger partial charge in [0, 0.05) is 9.75 Å². The van der Waals surface area contributed by atoms with Gasteiger partial charge in [0.2, 0.25) is 0 Å². The first-order valence-corrected chi connectivity index (χ1v) is 7.26. The quantitative estimate of drug-likeness (QED) is 0.672. The van der Waals surface area contributed by atoms with Crippen molar-refractivity contribution in [2.45, 2.75) is 24.6 Å². The molecule has 17 heavy (non-hydrogen) atoms. The van der Waals surface area contributed by atoms with Gasteiger partial charge >= 0.3 is 0 Å². The van der Waals surface area contributed by atoms with Gasteiger partial charge in [-0.15, -0.1) is 22.9 Å². The van der Waals surface area contributed by atoms with E-state index in [1.54, 1.807) is 0 Å². The monoisotopic (exact) mass is 262 g/mol. The van der Waals surface area contributed by atoms with Crippen molar-refractivity contribution in [1.82, 2.24) is 0 Å². The summed E-state index contributed by atoms with van der Waals surface area (Å²) in [5.74, 6) is 1.29. The zero-order valence-corrected chi connectivity index (χ0v) is 11.3. The summed E-state index contributed by atoms with van der Waals surface area (Å²) in [7, 11) is 0. The lowest BCUT2D eigenvalue weighted by atomic mass is 10.1. The average molecular weight is 263 g/mol. The molecule has 0 aliphatic heterocycles. The molecule has 0 nitrogen and oxygen atoms in total. The van der Waals surface area contributed by atoms with Crippen LogP contribution in [-0.2, 0) is 0 Å². The fourth-order valence-electron chi connectivity index (χ4n) is 2.43. The van der Waals surface area contributed by atoms with E-state index in [-0.39, 0.29) is 5.38 Å². The first-order chi connectivity index (χ1) is 8.25. The average Bonchev–Trinajstić information content (AvgIpc) is 3.05. The lowest BCUT2D eigenvalue weighted by molar-refractivity contribution is 0.776. The molecule has 0 spiro atoms. The third-order valence-corrected chi connectivity index (χ3v) is 5.25. The normalized spacial score (nSPS) is 24.6. The van der Waals surface area contributed by atoms with E-state index >= 15 is 0 Å². The van der Waals surface area contributed by atoms with Crippen LogP contribution in [0.2, 0.25) is 0 Å². The molecule has 0 bridgehead atoms. The molecule has 1 saturated carbocycles. The van der Waals surface area contributed by atoms with Gasteiger partial charge in [-0.2, -0.15) is 0 Å². The van der Waals surface area contributed by atoms with Crippen molar-refractivity contribution in [3.05, 3.63) is 57.8 Å². The van der Waals surface area contributed by atoms with Crippen LogP contribution in [0.5, 0.6) is 0 Å². The molecule has 1 aromatic heterocycles. The van der Waals surface area contributed by atoms with Crippen molar-refractivity contribution < 1.29 is 0 Å². The zero-order chi connectivity index (χ0) is 11.8. The van der Waals surface area contributed by atoms with Crippen LogP contribution in [0.25, 0.3) is 0 Å². The summed E-state index contributed by atoms with van der Waals surface area (Å²) in [6.45, 7) is 2.14. The predicted molar refractivity (Wildman–Crippen MR) is 74.9 cm³/mol. The summed E-state index contributed by atoms with van der Waals surface area (Å²) in [5.41, 5.74) is 1.44. The lowest BCUT2D eigenvalue weighted by Gasteiger charge is -2.06. The molecule has 88 valence electrons. The van der Waals surface area contributed by atoms with Crippen molar-refractivity contribution in [1.29, 1.82) is 0 Å². The number of rotatable bonds is 3. The Labute approximate surface area is 111 Å². The Morgan fingerprint density at radius 3 is 2.59 bits per heavy atom. The van der Waals surface area contributed by atoms with E-state index in [9.17, 15) is 0 Å². The molecule has 3 atom stereocenters. The van der Waals surface area contributed by atoms with Gasteiger partial charge in [0.25, 0.3) is 0 Å². The van der Waals surface area contributed by atoms with Gasteiger partial charge in [0.05, 0.1) is 5.38 Å². The Balaban J connectivity index is 1.73. The molecule has 2 aromatic rings. The highest BCUT2D eigenvalue weighted by Gasteiger charge is 2.43. The minimum absolute atomic E-state index is 0.193. The second kappa shape index (κ2) is 4.47. The molecule has 3 unspecified atom stereocenters. The molecular weight excluding hydrogens is 248 g/mol. The highest BCUT2D eigenvalue weighted by atomic mass is 35.5. The van der Waals surface area contributed by atoms with E-state index in [0.717, 1.165) is 0 Å². The number of hydrogen-bond acceptors (Lipinski definition) is 1. The third-order valence-electron chi connectivity index (χ3n) is 3.48. The van der Waals surface area contributed by atoms with E-state index in [1.807, 2.05) is 11.3 Å². The molecule has 0 N–H and O–H groups in total.